The molecule has 28 heavy (non-hydrogen) atoms. The fourth-order valence-electron chi connectivity index (χ4n) is 4.35. The summed E-state index contributed by atoms with van der Waals surface area (Å²) in [5, 5.41) is 13.6. The lowest BCUT2D eigenvalue weighted by molar-refractivity contribution is -0.117. The van der Waals surface area contributed by atoms with Gasteiger partial charge in [0.15, 0.2) is 5.82 Å². The van der Waals surface area contributed by atoms with E-state index in [-0.39, 0.29) is 23.7 Å². The number of nitrogens with one attached hydrogen (secondary N) is 3. The Morgan fingerprint density at radius 3 is 2.39 bits per heavy atom. The molecule has 3 N–H and O–H groups in total. The van der Waals surface area contributed by atoms with Gasteiger partial charge in [-0.1, -0.05) is 45.0 Å². The number of aromatic nitrogens is 3. The van der Waals surface area contributed by atoms with Gasteiger partial charge in [0.1, 0.15) is 0 Å². The lowest BCUT2D eigenvalue weighted by atomic mass is 9.87. The highest BCUT2D eigenvalue weighted by Crippen LogP contribution is 2.32. The Morgan fingerprint density at radius 1 is 1.14 bits per heavy atom. The molecule has 152 valence electrons. The molecule has 2 aromatic rings. The standard InChI is InChI=1S/C21H29N5O.ClH/c1-21(2,3)15-6-4-14(5-7-15)19-24-20(26-25-19)23-18(27)12-13-10-16-8-9-17(11-13)22-16;/h4-7,13,16-17,22H,8-12H2,1-3H3,(H2,23,24,25,26,27);1H. The van der Waals surface area contributed by atoms with Crippen molar-refractivity contribution in [1.29, 1.82) is 0 Å². The number of anilines is 1. The molecule has 2 aliphatic rings. The maximum absolute atomic E-state index is 12.4. The summed E-state index contributed by atoms with van der Waals surface area (Å²) < 4.78 is 0. The molecule has 0 radical (unpaired) electrons. The number of fused-ring (bicyclic) bond motifs is 2. The number of aromatic amines is 1. The van der Waals surface area contributed by atoms with Gasteiger partial charge in [-0.15, -0.1) is 17.5 Å². The van der Waals surface area contributed by atoms with E-state index in [9.17, 15) is 4.79 Å². The van der Waals surface area contributed by atoms with E-state index in [1.54, 1.807) is 0 Å². The van der Waals surface area contributed by atoms with Crippen molar-refractivity contribution in [1.82, 2.24) is 20.5 Å². The number of hydrogen-bond donors (Lipinski definition) is 3. The smallest absolute Gasteiger partial charge is 0.249 e. The van der Waals surface area contributed by atoms with Crippen LogP contribution in [-0.2, 0) is 10.2 Å². The Kier molecular flexibility index (Phi) is 6.10. The van der Waals surface area contributed by atoms with Gasteiger partial charge in [-0.2, -0.15) is 4.98 Å². The van der Waals surface area contributed by atoms with Crippen LogP contribution in [0.1, 0.15) is 58.4 Å². The van der Waals surface area contributed by atoms with Crippen LogP contribution in [0, 0.1) is 5.92 Å². The Labute approximate surface area is 172 Å². The number of halogens is 1. The molecular weight excluding hydrogens is 374 g/mol. The molecule has 0 saturated carbocycles. The fraction of sp³-hybridized carbons (Fsp3) is 0.571. The van der Waals surface area contributed by atoms with E-state index in [4.69, 9.17) is 0 Å². The number of amides is 1. The highest BCUT2D eigenvalue weighted by molar-refractivity contribution is 5.89. The van der Waals surface area contributed by atoms with Crippen LogP contribution in [0.5, 0.6) is 0 Å². The van der Waals surface area contributed by atoms with Gasteiger partial charge in [-0.3, -0.25) is 15.2 Å². The van der Waals surface area contributed by atoms with Gasteiger partial charge in [-0.05, 0) is 42.6 Å². The third-order valence-corrected chi connectivity index (χ3v) is 5.81. The first-order valence-electron chi connectivity index (χ1n) is 9.96. The van der Waals surface area contributed by atoms with Crippen molar-refractivity contribution in [3.05, 3.63) is 29.8 Å². The van der Waals surface area contributed by atoms with Gasteiger partial charge in [0, 0.05) is 24.1 Å². The third kappa shape index (κ3) is 4.73. The molecule has 2 aliphatic heterocycles. The van der Waals surface area contributed by atoms with Gasteiger partial charge >= 0.3 is 0 Å². The number of nitrogens with zero attached hydrogens (tertiary/aromatic N) is 2. The maximum Gasteiger partial charge on any atom is 0.249 e. The molecular formula is C21H30ClN5O. The van der Waals surface area contributed by atoms with Crippen molar-refractivity contribution in [3.63, 3.8) is 0 Å². The Hall–Kier alpha value is -1.92. The van der Waals surface area contributed by atoms with Crippen LogP contribution in [0.15, 0.2) is 24.3 Å². The zero-order valence-electron chi connectivity index (χ0n) is 16.8. The van der Waals surface area contributed by atoms with Gasteiger partial charge < -0.3 is 5.32 Å². The van der Waals surface area contributed by atoms with Crippen molar-refractivity contribution in [2.24, 2.45) is 5.92 Å². The summed E-state index contributed by atoms with van der Waals surface area (Å²) >= 11 is 0. The number of H-pyrrole nitrogens is 1. The van der Waals surface area contributed by atoms with Gasteiger partial charge in [0.2, 0.25) is 11.9 Å². The second-order valence-electron chi connectivity index (χ2n) is 9.06. The number of piperidine rings is 1. The molecule has 0 spiro atoms. The zero-order chi connectivity index (χ0) is 19.0. The lowest BCUT2D eigenvalue weighted by Crippen LogP contribution is -2.39. The number of carbonyl (C=O) groups excluding carboxylic acids is 1. The second-order valence-corrected chi connectivity index (χ2v) is 9.06. The van der Waals surface area contributed by atoms with Crippen molar-refractivity contribution in [2.45, 2.75) is 70.4 Å². The molecule has 6 nitrogen and oxygen atoms in total. The van der Waals surface area contributed by atoms with Crippen molar-refractivity contribution in [2.75, 3.05) is 5.32 Å². The lowest BCUT2D eigenvalue weighted by Gasteiger charge is -2.28. The minimum Gasteiger partial charge on any atom is -0.311 e. The monoisotopic (exact) mass is 403 g/mol. The minimum absolute atomic E-state index is 0. The summed E-state index contributed by atoms with van der Waals surface area (Å²) in [6, 6.07) is 9.51. The highest BCUT2D eigenvalue weighted by Gasteiger charge is 2.34. The summed E-state index contributed by atoms with van der Waals surface area (Å²) in [5.41, 5.74) is 2.36. The summed E-state index contributed by atoms with van der Waals surface area (Å²) in [5.74, 6) is 1.50. The molecule has 1 amide bonds. The molecule has 2 bridgehead atoms. The van der Waals surface area contributed by atoms with E-state index < -0.39 is 0 Å². The summed E-state index contributed by atoms with van der Waals surface area (Å²) in [7, 11) is 0. The first-order chi connectivity index (χ1) is 12.9. The fourth-order valence-corrected chi connectivity index (χ4v) is 4.35. The SMILES string of the molecule is CC(C)(C)c1ccc(-c2nc(NC(=O)CC3CC4CCC(C3)N4)n[nH]2)cc1.Cl. The number of carbonyl (C=O) groups is 1. The van der Waals surface area contributed by atoms with Crippen molar-refractivity contribution >= 4 is 24.3 Å². The predicted molar refractivity (Wildman–Crippen MR) is 114 cm³/mol. The third-order valence-electron chi connectivity index (χ3n) is 5.81. The average molecular weight is 404 g/mol. The van der Waals surface area contributed by atoms with Gasteiger partial charge in [0.25, 0.3) is 0 Å². The Bertz CT molecular complexity index is 799. The highest BCUT2D eigenvalue weighted by atomic mass is 35.5. The van der Waals surface area contributed by atoms with E-state index in [1.807, 2.05) is 12.1 Å². The van der Waals surface area contributed by atoms with Gasteiger partial charge in [-0.25, -0.2) is 0 Å². The van der Waals surface area contributed by atoms with E-state index >= 15 is 0 Å². The number of hydrogen-bond acceptors (Lipinski definition) is 4. The quantitative estimate of drug-likeness (QED) is 0.719. The minimum atomic E-state index is 0. The largest absolute Gasteiger partial charge is 0.311 e. The van der Waals surface area contributed by atoms with Crippen LogP contribution in [0.25, 0.3) is 11.4 Å². The maximum atomic E-state index is 12.4. The molecule has 0 aliphatic carbocycles. The van der Waals surface area contributed by atoms with Crippen LogP contribution in [-0.4, -0.2) is 33.2 Å². The van der Waals surface area contributed by atoms with E-state index in [2.05, 4.69) is 58.7 Å². The molecule has 4 rings (SSSR count). The molecule has 2 atom stereocenters. The van der Waals surface area contributed by atoms with Crippen LogP contribution in [0.4, 0.5) is 5.95 Å². The van der Waals surface area contributed by atoms with Crippen LogP contribution < -0.4 is 10.6 Å². The van der Waals surface area contributed by atoms with E-state index in [0.717, 1.165) is 18.4 Å². The molecule has 2 saturated heterocycles. The van der Waals surface area contributed by atoms with Crippen LogP contribution in [0.2, 0.25) is 0 Å². The van der Waals surface area contributed by atoms with E-state index in [1.165, 1.54) is 18.4 Å². The number of rotatable bonds is 4. The molecule has 1 aromatic heterocycles. The first-order valence-corrected chi connectivity index (χ1v) is 9.96. The Balaban J connectivity index is 0.00000225. The van der Waals surface area contributed by atoms with Gasteiger partial charge in [0.05, 0.1) is 0 Å². The van der Waals surface area contributed by atoms with Crippen LogP contribution in [0.3, 0.4) is 0 Å². The molecule has 2 fully saturated rings. The van der Waals surface area contributed by atoms with E-state index in [0.29, 0.717) is 36.2 Å². The summed E-state index contributed by atoms with van der Waals surface area (Å²) in [6.07, 6.45) is 5.26. The first kappa shape index (κ1) is 20.8. The molecule has 1 aromatic carbocycles. The van der Waals surface area contributed by atoms with Crippen molar-refractivity contribution in [3.8, 4) is 11.4 Å². The van der Waals surface area contributed by atoms with Crippen molar-refractivity contribution < 1.29 is 4.79 Å². The topological polar surface area (TPSA) is 82.7 Å². The van der Waals surface area contributed by atoms with Crippen LogP contribution >= 0.6 is 12.4 Å². The zero-order valence-corrected chi connectivity index (χ0v) is 17.6. The normalized spacial score (nSPS) is 23.9. The average Bonchev–Trinajstić information content (AvgIpc) is 3.20. The predicted octanol–water partition coefficient (Wildman–Crippen LogP) is 4.05. The summed E-state index contributed by atoms with van der Waals surface area (Å²) in [4.78, 5) is 16.8. The molecule has 7 heteroatoms. The number of benzene rings is 1. The second kappa shape index (κ2) is 8.21. The Morgan fingerprint density at radius 2 is 1.79 bits per heavy atom. The molecule has 3 heterocycles. The summed E-state index contributed by atoms with van der Waals surface area (Å²) in [6.45, 7) is 6.58. The molecule has 2 unspecified atom stereocenters.